The van der Waals surface area contributed by atoms with Crippen molar-refractivity contribution in [2.45, 2.75) is 76.7 Å². The van der Waals surface area contributed by atoms with Gasteiger partial charge in [0.15, 0.2) is 0 Å². The highest BCUT2D eigenvalue weighted by atomic mass is 15.3. The molecule has 1 fully saturated rings. The Morgan fingerprint density at radius 2 is 0.929 bits per heavy atom. The minimum Gasteiger partial charge on any atom is -0.334 e. The van der Waals surface area contributed by atoms with Crippen LogP contribution in [0.25, 0.3) is 33.4 Å². The van der Waals surface area contributed by atoms with Crippen molar-refractivity contribution in [3.8, 4) is 33.4 Å². The highest BCUT2D eigenvalue weighted by Gasteiger charge is 2.58. The highest BCUT2D eigenvalue weighted by molar-refractivity contribution is 7.00. The molecular formula is C66H58BN3. The van der Waals surface area contributed by atoms with Crippen LogP contribution in [0.1, 0.15) is 71.4 Å². The van der Waals surface area contributed by atoms with Crippen LogP contribution in [0, 0.1) is 0 Å². The molecule has 1 aliphatic carbocycles. The van der Waals surface area contributed by atoms with E-state index in [9.17, 15) is 0 Å². The van der Waals surface area contributed by atoms with E-state index in [4.69, 9.17) is 0 Å². The summed E-state index contributed by atoms with van der Waals surface area (Å²) in [6.45, 7) is 12.1. The first-order valence-electron chi connectivity index (χ1n) is 25.4. The first-order chi connectivity index (χ1) is 34.1. The average molecular weight is 904 g/mol. The van der Waals surface area contributed by atoms with Gasteiger partial charge in [0.25, 0.3) is 6.71 Å². The Kier molecular flexibility index (Phi) is 9.72. The van der Waals surface area contributed by atoms with E-state index in [1.807, 2.05) is 0 Å². The van der Waals surface area contributed by atoms with E-state index >= 15 is 0 Å². The van der Waals surface area contributed by atoms with Gasteiger partial charge in [0.05, 0.1) is 5.54 Å². The van der Waals surface area contributed by atoms with E-state index < -0.39 is 0 Å². The summed E-state index contributed by atoms with van der Waals surface area (Å²) in [6.07, 6.45) is 4.69. The van der Waals surface area contributed by atoms with E-state index in [0.29, 0.717) is 0 Å². The second-order valence-electron chi connectivity index (χ2n) is 21.7. The summed E-state index contributed by atoms with van der Waals surface area (Å²) in [5.74, 6) is 0. The molecule has 2 atom stereocenters. The molecule has 9 aromatic rings. The van der Waals surface area contributed by atoms with Crippen molar-refractivity contribution in [3.05, 3.63) is 223 Å². The molecule has 70 heavy (non-hydrogen) atoms. The van der Waals surface area contributed by atoms with Crippen LogP contribution in [0.2, 0.25) is 0 Å². The molecule has 0 saturated heterocycles. The summed E-state index contributed by atoms with van der Waals surface area (Å²) >= 11 is 0. The average Bonchev–Trinajstić information content (AvgIpc) is 3.61. The number of fused-ring (bicyclic) bond motifs is 7. The predicted octanol–water partition coefficient (Wildman–Crippen LogP) is 15.8. The molecule has 0 radical (unpaired) electrons. The molecule has 4 heteroatoms. The van der Waals surface area contributed by atoms with Gasteiger partial charge < -0.3 is 14.7 Å². The van der Waals surface area contributed by atoms with Gasteiger partial charge in [0.1, 0.15) is 0 Å². The molecule has 0 aromatic heterocycles. The summed E-state index contributed by atoms with van der Waals surface area (Å²) in [5, 5.41) is 0. The van der Waals surface area contributed by atoms with E-state index in [0.717, 1.165) is 24.2 Å². The molecule has 340 valence electrons. The third kappa shape index (κ3) is 6.49. The van der Waals surface area contributed by atoms with Crippen LogP contribution in [0.5, 0.6) is 0 Å². The van der Waals surface area contributed by atoms with Crippen LogP contribution in [0.15, 0.2) is 212 Å². The lowest BCUT2D eigenvalue weighted by molar-refractivity contribution is 0.195. The second-order valence-corrected chi connectivity index (χ2v) is 21.7. The van der Waals surface area contributed by atoms with Gasteiger partial charge in [0.2, 0.25) is 0 Å². The molecule has 0 N–H and O–H groups in total. The maximum Gasteiger partial charge on any atom is 0.252 e. The first-order valence-corrected chi connectivity index (χ1v) is 25.4. The van der Waals surface area contributed by atoms with Gasteiger partial charge in [-0.2, -0.15) is 0 Å². The van der Waals surface area contributed by atoms with E-state index in [-0.39, 0.29) is 23.1 Å². The van der Waals surface area contributed by atoms with Crippen LogP contribution < -0.4 is 31.1 Å². The van der Waals surface area contributed by atoms with Crippen molar-refractivity contribution in [2.24, 2.45) is 0 Å². The Balaban J connectivity index is 1.09. The zero-order valence-electron chi connectivity index (χ0n) is 41.0. The molecule has 13 rings (SSSR count). The normalized spacial score (nSPS) is 18.7. The third-order valence-corrected chi connectivity index (χ3v) is 16.7. The molecule has 1 saturated carbocycles. The van der Waals surface area contributed by atoms with Crippen molar-refractivity contribution in [1.29, 1.82) is 0 Å². The fraction of sp³-hybridized carbons (Fsp3) is 0.182. The van der Waals surface area contributed by atoms with Crippen LogP contribution in [-0.2, 0) is 10.8 Å². The third-order valence-electron chi connectivity index (χ3n) is 16.7. The van der Waals surface area contributed by atoms with Gasteiger partial charge >= 0.3 is 0 Å². The van der Waals surface area contributed by atoms with Crippen molar-refractivity contribution in [1.82, 2.24) is 0 Å². The smallest absolute Gasteiger partial charge is 0.252 e. The van der Waals surface area contributed by atoms with Crippen LogP contribution in [0.4, 0.5) is 45.5 Å². The molecule has 4 aliphatic rings. The Labute approximate surface area is 414 Å². The quantitative estimate of drug-likeness (QED) is 0.154. The van der Waals surface area contributed by atoms with Crippen molar-refractivity contribution < 1.29 is 0 Å². The number of rotatable bonds is 6. The molecule has 3 aliphatic heterocycles. The van der Waals surface area contributed by atoms with Gasteiger partial charge in [0, 0.05) is 50.9 Å². The van der Waals surface area contributed by atoms with Crippen molar-refractivity contribution in [2.75, 3.05) is 14.7 Å². The Morgan fingerprint density at radius 3 is 1.63 bits per heavy atom. The molecule has 0 spiro atoms. The van der Waals surface area contributed by atoms with E-state index in [1.54, 1.807) is 0 Å². The van der Waals surface area contributed by atoms with Crippen LogP contribution in [-0.4, -0.2) is 12.3 Å². The summed E-state index contributed by atoms with van der Waals surface area (Å²) in [5.41, 5.74) is 23.8. The number of nitrogens with zero attached hydrogens (tertiary/aromatic N) is 3. The van der Waals surface area contributed by atoms with E-state index in [2.05, 4.69) is 262 Å². The molecular weight excluding hydrogens is 846 g/mol. The number of hydrogen-bond donors (Lipinski definition) is 0. The molecule has 3 heterocycles. The number of hydrogen-bond acceptors (Lipinski definition) is 3. The Hall–Kier alpha value is -7.56. The Morgan fingerprint density at radius 1 is 0.400 bits per heavy atom. The summed E-state index contributed by atoms with van der Waals surface area (Å²) in [4.78, 5) is 7.95. The predicted molar refractivity (Wildman–Crippen MR) is 298 cm³/mol. The summed E-state index contributed by atoms with van der Waals surface area (Å²) in [6, 6.07) is 80.2. The molecule has 3 nitrogen and oxygen atoms in total. The molecule has 9 aromatic carbocycles. The van der Waals surface area contributed by atoms with Gasteiger partial charge in [-0.25, -0.2) is 0 Å². The lowest BCUT2D eigenvalue weighted by atomic mass is 9.33. The standard InChI is InChI=1S/C66H58BN3/c1-64(2,3)51-34-30-47(31-35-51)49-33-37-58-55(41-49)65(4)38-17-18-39-66(65,5)70(58)54-43-61-63-62(44-54)69(53-27-19-24-48(40-53)45-20-9-6-10-21-45)60-42-50(46-22-11-7-12-23-46)32-36-57(60)67(63)56-28-15-16-29-59(56)68(61)52-25-13-8-14-26-52/h6-16,19-37,40-44H,17-18,38-39H2,1-5H3. The van der Waals surface area contributed by atoms with Gasteiger partial charge in [-0.05, 0) is 147 Å². The van der Waals surface area contributed by atoms with Crippen molar-refractivity contribution in [3.63, 3.8) is 0 Å². The maximum absolute atomic E-state index is 2.79. The Bertz CT molecular complexity index is 3470. The minimum absolute atomic E-state index is 0.0113. The SMILES string of the molecule is CC(C)(C)c1ccc(-c2ccc3c(c2)C2(C)CCCCC2(C)N3c2cc3c4c(c2)N(c2cccc(-c5ccccc5)c2)c2cc(-c5ccccc5)ccc2B4c2ccccc2N3c2ccccc2)cc1. The fourth-order valence-electron chi connectivity index (χ4n) is 12.9. The lowest BCUT2D eigenvalue weighted by Gasteiger charge is -2.51. The van der Waals surface area contributed by atoms with Gasteiger partial charge in [-0.15, -0.1) is 0 Å². The zero-order valence-corrected chi connectivity index (χ0v) is 41.0. The minimum atomic E-state index is -0.169. The monoisotopic (exact) mass is 903 g/mol. The van der Waals surface area contributed by atoms with Gasteiger partial charge in [-0.3, -0.25) is 0 Å². The number of benzene rings is 9. The summed E-state index contributed by atoms with van der Waals surface area (Å²) in [7, 11) is 0. The van der Waals surface area contributed by atoms with Crippen LogP contribution in [0.3, 0.4) is 0 Å². The maximum atomic E-state index is 2.79. The first kappa shape index (κ1) is 42.5. The zero-order chi connectivity index (χ0) is 47.4. The number of anilines is 8. The topological polar surface area (TPSA) is 9.72 Å². The lowest BCUT2D eigenvalue weighted by Crippen LogP contribution is -2.61. The highest BCUT2D eigenvalue weighted by Crippen LogP contribution is 2.62. The largest absolute Gasteiger partial charge is 0.334 e. The van der Waals surface area contributed by atoms with Crippen LogP contribution >= 0.6 is 0 Å². The summed E-state index contributed by atoms with van der Waals surface area (Å²) < 4.78 is 0. The number of para-hydroxylation sites is 2. The second kappa shape index (κ2) is 16.0. The van der Waals surface area contributed by atoms with Gasteiger partial charge in [-0.1, -0.05) is 192 Å². The fourth-order valence-corrected chi connectivity index (χ4v) is 12.9. The van der Waals surface area contributed by atoms with E-state index in [1.165, 1.54) is 108 Å². The molecule has 2 unspecified atom stereocenters. The molecule has 0 bridgehead atoms. The molecule has 0 amide bonds. The van der Waals surface area contributed by atoms with Crippen molar-refractivity contribution >= 4 is 68.6 Å².